The third-order valence-electron chi connectivity index (χ3n) is 2.90. The van der Waals surface area contributed by atoms with Crippen LogP contribution in [0.4, 0.5) is 13.2 Å². The van der Waals surface area contributed by atoms with Crippen molar-refractivity contribution in [3.8, 4) is 0 Å². The Balaban J connectivity index is 2.01. The number of nitrogens with one attached hydrogen (secondary N) is 1. The molecular formula is C8H8F3NO4. The minimum absolute atomic E-state index is 0.114. The molecule has 3 rings (SSSR count). The van der Waals surface area contributed by atoms with Crippen LogP contribution in [0, 0.1) is 0 Å². The minimum atomic E-state index is -4.96. The highest BCUT2D eigenvalue weighted by molar-refractivity contribution is 5.85. The lowest BCUT2D eigenvalue weighted by atomic mass is 9.68. The predicted octanol–water partition coefficient (Wildman–Crippen LogP) is 0.0511. The zero-order chi connectivity index (χ0) is 12.2. The van der Waals surface area contributed by atoms with Gasteiger partial charge in [0.25, 0.3) is 0 Å². The number of carboxylic acids is 1. The average Bonchev–Trinajstić information content (AvgIpc) is 2.57. The van der Waals surface area contributed by atoms with Gasteiger partial charge >= 0.3 is 18.1 Å². The molecule has 16 heavy (non-hydrogen) atoms. The van der Waals surface area contributed by atoms with Gasteiger partial charge in [-0.05, 0) is 0 Å². The lowest BCUT2D eigenvalue weighted by Gasteiger charge is -2.41. The van der Waals surface area contributed by atoms with Crippen LogP contribution in [0.15, 0.2) is 0 Å². The molecule has 0 atom stereocenters. The maximum atomic E-state index is 12.0. The molecule has 1 saturated carbocycles. The first-order valence-corrected chi connectivity index (χ1v) is 4.46. The SMILES string of the molecule is O=C(NC12COC(C(=O)O)(C1)C2)C(F)(F)F. The minimum Gasteiger partial charge on any atom is -0.479 e. The number of carboxylic acid groups (broad SMARTS) is 1. The van der Waals surface area contributed by atoms with E-state index in [4.69, 9.17) is 9.84 Å². The van der Waals surface area contributed by atoms with Crippen molar-refractivity contribution < 1.29 is 32.6 Å². The fourth-order valence-electron chi connectivity index (χ4n) is 2.17. The highest BCUT2D eigenvalue weighted by Gasteiger charge is 2.68. The van der Waals surface area contributed by atoms with Gasteiger partial charge in [-0.1, -0.05) is 0 Å². The maximum Gasteiger partial charge on any atom is 0.471 e. The van der Waals surface area contributed by atoms with E-state index < -0.39 is 29.2 Å². The number of carbonyl (C=O) groups is 2. The monoisotopic (exact) mass is 239 g/mol. The Bertz CT molecular complexity index is 359. The molecule has 0 aromatic heterocycles. The smallest absolute Gasteiger partial charge is 0.471 e. The van der Waals surface area contributed by atoms with E-state index in [2.05, 4.69) is 0 Å². The van der Waals surface area contributed by atoms with Crippen LogP contribution < -0.4 is 5.32 Å². The van der Waals surface area contributed by atoms with Crippen LogP contribution >= 0.6 is 0 Å². The van der Waals surface area contributed by atoms with E-state index in [1.165, 1.54) is 0 Å². The van der Waals surface area contributed by atoms with E-state index in [1.807, 2.05) is 0 Å². The molecule has 1 aliphatic carbocycles. The van der Waals surface area contributed by atoms with Crippen molar-refractivity contribution in [2.45, 2.75) is 30.2 Å². The highest BCUT2D eigenvalue weighted by Crippen LogP contribution is 2.51. The molecular weight excluding hydrogens is 231 g/mol. The van der Waals surface area contributed by atoms with Gasteiger partial charge in [0.2, 0.25) is 0 Å². The summed E-state index contributed by atoms with van der Waals surface area (Å²) in [6.45, 7) is -0.193. The Kier molecular flexibility index (Phi) is 2.01. The van der Waals surface area contributed by atoms with Gasteiger partial charge in [0.1, 0.15) is 0 Å². The zero-order valence-corrected chi connectivity index (χ0v) is 7.93. The fraction of sp³-hybridized carbons (Fsp3) is 0.750. The van der Waals surface area contributed by atoms with Crippen LogP contribution in [0.3, 0.4) is 0 Å². The van der Waals surface area contributed by atoms with Gasteiger partial charge in [-0.2, -0.15) is 13.2 Å². The molecule has 0 unspecified atom stereocenters. The van der Waals surface area contributed by atoms with Crippen molar-refractivity contribution >= 4 is 11.9 Å². The van der Waals surface area contributed by atoms with Gasteiger partial charge in [0.05, 0.1) is 12.1 Å². The second-order valence-corrected chi connectivity index (χ2v) is 4.17. The standard InChI is InChI=1S/C8H8F3NO4/c9-8(10,11)4(13)12-6-1-7(2-6,5(14)15)16-3-6/h1-3H2,(H,12,13)(H,14,15). The van der Waals surface area contributed by atoms with Crippen LogP contribution in [-0.2, 0) is 14.3 Å². The molecule has 8 heteroatoms. The maximum absolute atomic E-state index is 12.0. The predicted molar refractivity (Wildman–Crippen MR) is 42.5 cm³/mol. The van der Waals surface area contributed by atoms with Crippen molar-refractivity contribution in [1.82, 2.24) is 5.32 Å². The Hall–Kier alpha value is -1.31. The summed E-state index contributed by atoms with van der Waals surface area (Å²) in [5, 5.41) is 10.5. The van der Waals surface area contributed by atoms with Gasteiger partial charge in [-0.3, -0.25) is 4.79 Å². The van der Waals surface area contributed by atoms with E-state index in [0.29, 0.717) is 0 Å². The molecule has 2 aliphatic heterocycles. The normalized spacial score (nSPS) is 36.7. The van der Waals surface area contributed by atoms with Gasteiger partial charge in [0, 0.05) is 12.8 Å². The van der Waals surface area contributed by atoms with Crippen molar-refractivity contribution in [3.05, 3.63) is 0 Å². The average molecular weight is 239 g/mol. The molecule has 2 heterocycles. The summed E-state index contributed by atoms with van der Waals surface area (Å²) in [4.78, 5) is 21.4. The first kappa shape index (κ1) is 11.2. The summed E-state index contributed by atoms with van der Waals surface area (Å²) in [5.41, 5.74) is -2.57. The molecule has 2 N–H and O–H groups in total. The van der Waals surface area contributed by atoms with Crippen molar-refractivity contribution in [2.75, 3.05) is 6.61 Å². The van der Waals surface area contributed by atoms with Crippen molar-refractivity contribution in [3.63, 3.8) is 0 Å². The van der Waals surface area contributed by atoms with Gasteiger partial charge < -0.3 is 15.2 Å². The number of ether oxygens (including phenoxy) is 1. The second kappa shape index (κ2) is 2.88. The molecule has 3 aliphatic rings. The molecule has 0 aromatic rings. The van der Waals surface area contributed by atoms with E-state index >= 15 is 0 Å². The molecule has 0 radical (unpaired) electrons. The molecule has 5 nitrogen and oxygen atoms in total. The molecule has 1 amide bonds. The molecule has 90 valence electrons. The van der Waals surface area contributed by atoms with Crippen molar-refractivity contribution in [1.29, 1.82) is 0 Å². The summed E-state index contributed by atoms with van der Waals surface area (Å²) in [6, 6.07) is 0. The molecule has 2 saturated heterocycles. The quantitative estimate of drug-likeness (QED) is 0.714. The second-order valence-electron chi connectivity index (χ2n) is 4.17. The first-order chi connectivity index (χ1) is 7.19. The van der Waals surface area contributed by atoms with E-state index in [0.717, 1.165) is 0 Å². The molecule has 2 bridgehead atoms. The fourth-order valence-corrected chi connectivity index (χ4v) is 2.17. The molecule has 0 spiro atoms. The van der Waals surface area contributed by atoms with Gasteiger partial charge in [0.15, 0.2) is 5.60 Å². The van der Waals surface area contributed by atoms with Crippen LogP contribution in [-0.4, -0.2) is 40.9 Å². The lowest BCUT2D eigenvalue weighted by Crippen LogP contribution is -2.63. The number of rotatable bonds is 2. The Morgan fingerprint density at radius 3 is 2.25 bits per heavy atom. The Morgan fingerprint density at radius 2 is 1.88 bits per heavy atom. The van der Waals surface area contributed by atoms with E-state index in [-0.39, 0.29) is 19.4 Å². The molecule has 3 fully saturated rings. The number of halogens is 3. The number of fused-ring (bicyclic) bond motifs is 1. The van der Waals surface area contributed by atoms with Crippen molar-refractivity contribution in [2.24, 2.45) is 0 Å². The zero-order valence-electron chi connectivity index (χ0n) is 7.93. The van der Waals surface area contributed by atoms with Gasteiger partial charge in [-0.15, -0.1) is 0 Å². The highest BCUT2D eigenvalue weighted by atomic mass is 19.4. The number of hydrogen-bond acceptors (Lipinski definition) is 3. The number of alkyl halides is 3. The van der Waals surface area contributed by atoms with E-state index in [1.54, 1.807) is 5.32 Å². The van der Waals surface area contributed by atoms with E-state index in [9.17, 15) is 22.8 Å². The first-order valence-electron chi connectivity index (χ1n) is 4.46. The Labute approximate surface area is 87.6 Å². The third-order valence-corrected chi connectivity index (χ3v) is 2.90. The largest absolute Gasteiger partial charge is 0.479 e. The Morgan fingerprint density at radius 1 is 1.31 bits per heavy atom. The third kappa shape index (κ3) is 1.44. The van der Waals surface area contributed by atoms with Crippen LogP contribution in [0.1, 0.15) is 12.8 Å². The van der Waals surface area contributed by atoms with Crippen LogP contribution in [0.25, 0.3) is 0 Å². The van der Waals surface area contributed by atoms with Crippen LogP contribution in [0.5, 0.6) is 0 Å². The number of aliphatic carboxylic acids is 1. The summed E-state index contributed by atoms with van der Waals surface area (Å²) >= 11 is 0. The number of amides is 1. The molecule has 0 aromatic carbocycles. The summed E-state index contributed by atoms with van der Waals surface area (Å²) in [6.07, 6.45) is -5.19. The summed E-state index contributed by atoms with van der Waals surface area (Å²) < 4.78 is 40.8. The topological polar surface area (TPSA) is 75.6 Å². The number of hydrogen-bond donors (Lipinski definition) is 2. The summed E-state index contributed by atoms with van der Waals surface area (Å²) in [7, 11) is 0. The number of carbonyl (C=O) groups excluding carboxylic acids is 1. The lowest BCUT2D eigenvalue weighted by molar-refractivity contribution is -0.178. The summed E-state index contributed by atoms with van der Waals surface area (Å²) in [5.74, 6) is -3.26. The van der Waals surface area contributed by atoms with Crippen LogP contribution in [0.2, 0.25) is 0 Å². The van der Waals surface area contributed by atoms with Gasteiger partial charge in [-0.25, -0.2) is 4.79 Å².